The van der Waals surface area contributed by atoms with Gasteiger partial charge in [-0.25, -0.2) is 8.78 Å². The van der Waals surface area contributed by atoms with Gasteiger partial charge in [0.25, 0.3) is 0 Å². The molecule has 0 heterocycles. The van der Waals surface area contributed by atoms with Gasteiger partial charge in [0.15, 0.2) is 0 Å². The summed E-state index contributed by atoms with van der Waals surface area (Å²) in [6, 6.07) is 11.6. The molecule has 2 rings (SSSR count). The minimum absolute atomic E-state index is 0.0741. The number of halogens is 2. The van der Waals surface area contributed by atoms with Crippen molar-refractivity contribution in [2.24, 2.45) is 0 Å². The summed E-state index contributed by atoms with van der Waals surface area (Å²) in [5, 5.41) is 3.41. The average Bonchev–Trinajstić information content (AvgIpc) is 2.40. The van der Waals surface area contributed by atoms with E-state index in [9.17, 15) is 8.78 Å². The Bertz CT molecular complexity index is 603. The van der Waals surface area contributed by atoms with Crippen LogP contribution >= 0.6 is 11.8 Å². The van der Waals surface area contributed by atoms with Gasteiger partial charge in [0.1, 0.15) is 11.6 Å². The molecule has 0 aliphatic carbocycles. The second-order valence-electron chi connectivity index (χ2n) is 5.92. The van der Waals surface area contributed by atoms with Crippen LogP contribution in [-0.4, -0.2) is 5.54 Å². The lowest BCUT2D eigenvalue weighted by Crippen LogP contribution is -2.35. The first-order valence-corrected chi connectivity index (χ1v) is 7.62. The van der Waals surface area contributed by atoms with Gasteiger partial charge in [-0.2, -0.15) is 0 Å². The van der Waals surface area contributed by atoms with E-state index in [2.05, 4.69) is 26.1 Å². The van der Waals surface area contributed by atoms with Gasteiger partial charge in [-0.15, -0.1) is 0 Å². The van der Waals surface area contributed by atoms with Gasteiger partial charge in [0, 0.05) is 27.9 Å². The quantitative estimate of drug-likeness (QED) is 0.852. The van der Waals surface area contributed by atoms with E-state index in [-0.39, 0.29) is 5.54 Å². The third-order valence-electron chi connectivity index (χ3n) is 2.87. The summed E-state index contributed by atoms with van der Waals surface area (Å²) in [4.78, 5) is 1.36. The topological polar surface area (TPSA) is 12.0 Å². The molecule has 0 spiro atoms. The van der Waals surface area contributed by atoms with Crippen LogP contribution in [0.25, 0.3) is 0 Å². The Morgan fingerprint density at radius 2 is 1.67 bits per heavy atom. The van der Waals surface area contributed by atoms with Gasteiger partial charge in [0.05, 0.1) is 0 Å². The number of hydrogen-bond donors (Lipinski definition) is 1. The normalized spacial score (nSPS) is 11.7. The van der Waals surface area contributed by atoms with E-state index >= 15 is 0 Å². The van der Waals surface area contributed by atoms with Crippen molar-refractivity contribution in [1.29, 1.82) is 0 Å². The maximum Gasteiger partial charge on any atom is 0.140 e. The zero-order chi connectivity index (χ0) is 15.5. The Balaban J connectivity index is 2.02. The highest BCUT2D eigenvalue weighted by molar-refractivity contribution is 7.99. The minimum Gasteiger partial charge on any atom is -0.308 e. The fourth-order valence-electron chi connectivity index (χ4n) is 1.73. The zero-order valence-corrected chi connectivity index (χ0v) is 13.2. The predicted molar refractivity (Wildman–Crippen MR) is 83.5 cm³/mol. The van der Waals surface area contributed by atoms with Crippen molar-refractivity contribution >= 4 is 11.8 Å². The molecule has 0 bridgehead atoms. The van der Waals surface area contributed by atoms with Crippen LogP contribution in [0, 0.1) is 11.6 Å². The Hall–Kier alpha value is -1.39. The maximum atomic E-state index is 13.6. The van der Waals surface area contributed by atoms with E-state index in [1.807, 2.05) is 24.3 Å². The van der Waals surface area contributed by atoms with Crippen LogP contribution in [0.2, 0.25) is 0 Å². The largest absolute Gasteiger partial charge is 0.308 e. The van der Waals surface area contributed by atoms with E-state index in [1.54, 1.807) is 0 Å². The van der Waals surface area contributed by atoms with Crippen LogP contribution in [0.3, 0.4) is 0 Å². The molecule has 0 aromatic heterocycles. The third-order valence-corrected chi connectivity index (χ3v) is 3.93. The molecule has 0 radical (unpaired) electrons. The summed E-state index contributed by atoms with van der Waals surface area (Å²) < 4.78 is 26.5. The van der Waals surface area contributed by atoms with Crippen molar-refractivity contribution in [3.8, 4) is 0 Å². The van der Waals surface area contributed by atoms with Crippen molar-refractivity contribution in [3.63, 3.8) is 0 Å². The van der Waals surface area contributed by atoms with Gasteiger partial charge < -0.3 is 5.32 Å². The van der Waals surface area contributed by atoms with Crippen molar-refractivity contribution in [2.75, 3.05) is 0 Å². The van der Waals surface area contributed by atoms with Crippen molar-refractivity contribution in [1.82, 2.24) is 5.32 Å². The molecule has 0 aliphatic rings. The minimum atomic E-state index is -0.555. The maximum absolute atomic E-state index is 13.6. The molecule has 112 valence electrons. The van der Waals surface area contributed by atoms with Gasteiger partial charge in [-0.3, -0.25) is 0 Å². The lowest BCUT2D eigenvalue weighted by Gasteiger charge is -2.20. The fraction of sp³-hybridized carbons (Fsp3) is 0.294. The molecule has 1 N–H and O–H groups in total. The first kappa shape index (κ1) is 16.0. The van der Waals surface area contributed by atoms with E-state index in [4.69, 9.17) is 0 Å². The standard InChI is InChI=1S/C17H19F2NS/c1-17(2,3)20-11-12-4-7-14(8-5-12)21-16-9-6-13(18)10-15(16)19/h4-10,20H,11H2,1-3H3. The second kappa shape index (κ2) is 6.58. The molecule has 0 saturated carbocycles. The summed E-state index contributed by atoms with van der Waals surface area (Å²) in [6.45, 7) is 7.15. The summed E-state index contributed by atoms with van der Waals surface area (Å²) in [5.74, 6) is -1.08. The van der Waals surface area contributed by atoms with Gasteiger partial charge >= 0.3 is 0 Å². The third kappa shape index (κ3) is 5.14. The molecular weight excluding hydrogens is 288 g/mol. The molecule has 2 aromatic rings. The van der Waals surface area contributed by atoms with Crippen LogP contribution in [0.1, 0.15) is 26.3 Å². The molecule has 0 amide bonds. The number of nitrogens with one attached hydrogen (secondary N) is 1. The second-order valence-corrected chi connectivity index (χ2v) is 7.04. The average molecular weight is 307 g/mol. The van der Waals surface area contributed by atoms with Crippen molar-refractivity contribution in [3.05, 3.63) is 59.7 Å². The molecule has 21 heavy (non-hydrogen) atoms. The van der Waals surface area contributed by atoms with Crippen LogP contribution in [-0.2, 0) is 6.54 Å². The Morgan fingerprint density at radius 1 is 1.00 bits per heavy atom. The smallest absolute Gasteiger partial charge is 0.140 e. The predicted octanol–water partition coefficient (Wildman–Crippen LogP) is 5.00. The Morgan fingerprint density at radius 3 is 2.24 bits per heavy atom. The first-order chi connectivity index (χ1) is 9.83. The summed E-state index contributed by atoms with van der Waals surface area (Å²) in [7, 11) is 0. The lowest BCUT2D eigenvalue weighted by atomic mass is 10.1. The molecule has 0 fully saturated rings. The molecule has 0 saturated heterocycles. The van der Waals surface area contributed by atoms with E-state index < -0.39 is 11.6 Å². The highest BCUT2D eigenvalue weighted by atomic mass is 32.2. The summed E-state index contributed by atoms with van der Waals surface area (Å²) in [6.07, 6.45) is 0. The summed E-state index contributed by atoms with van der Waals surface area (Å²) in [5.41, 5.74) is 1.25. The molecule has 0 unspecified atom stereocenters. The van der Waals surface area contributed by atoms with Gasteiger partial charge in [0.2, 0.25) is 0 Å². The van der Waals surface area contributed by atoms with Crippen LogP contribution < -0.4 is 5.32 Å². The fourth-order valence-corrected chi connectivity index (χ4v) is 2.55. The van der Waals surface area contributed by atoms with E-state index in [0.717, 1.165) is 17.5 Å². The first-order valence-electron chi connectivity index (χ1n) is 6.80. The molecular formula is C17H19F2NS. The Kier molecular flexibility index (Phi) is 5.01. The van der Waals surface area contributed by atoms with E-state index in [1.165, 1.54) is 29.5 Å². The van der Waals surface area contributed by atoms with Gasteiger partial charge in [-0.05, 0) is 50.6 Å². The van der Waals surface area contributed by atoms with Crippen molar-refractivity contribution < 1.29 is 8.78 Å². The number of rotatable bonds is 4. The number of hydrogen-bond acceptors (Lipinski definition) is 2. The molecule has 2 aromatic carbocycles. The molecule has 0 aliphatic heterocycles. The molecule has 4 heteroatoms. The lowest BCUT2D eigenvalue weighted by molar-refractivity contribution is 0.424. The highest BCUT2D eigenvalue weighted by Gasteiger charge is 2.09. The SMILES string of the molecule is CC(C)(C)NCc1ccc(Sc2ccc(F)cc2F)cc1. The molecule has 0 atom stereocenters. The van der Waals surface area contributed by atoms with Gasteiger partial charge in [-0.1, -0.05) is 23.9 Å². The zero-order valence-electron chi connectivity index (χ0n) is 12.4. The summed E-state index contributed by atoms with van der Waals surface area (Å²) >= 11 is 1.29. The van der Waals surface area contributed by atoms with Crippen LogP contribution in [0.15, 0.2) is 52.3 Å². The van der Waals surface area contributed by atoms with Crippen LogP contribution in [0.4, 0.5) is 8.78 Å². The van der Waals surface area contributed by atoms with Crippen LogP contribution in [0.5, 0.6) is 0 Å². The van der Waals surface area contributed by atoms with E-state index in [0.29, 0.717) is 4.90 Å². The highest BCUT2D eigenvalue weighted by Crippen LogP contribution is 2.30. The Labute approximate surface area is 128 Å². The molecule has 1 nitrogen and oxygen atoms in total. The number of benzene rings is 2. The van der Waals surface area contributed by atoms with Crippen molar-refractivity contribution in [2.45, 2.75) is 42.6 Å². The monoisotopic (exact) mass is 307 g/mol.